The molecule has 0 spiro atoms. The van der Waals surface area contributed by atoms with Crippen LogP contribution in [0.25, 0.3) is 0 Å². The number of nitrogens with zero attached hydrogens (tertiary/aromatic N) is 3. The second kappa shape index (κ2) is 5.44. The lowest BCUT2D eigenvalue weighted by Gasteiger charge is -2.36. The zero-order valence-corrected chi connectivity index (χ0v) is 11.4. The minimum absolute atomic E-state index is 0.586. The van der Waals surface area contributed by atoms with Crippen molar-refractivity contribution < 1.29 is 5.11 Å². The van der Waals surface area contributed by atoms with E-state index in [1.807, 2.05) is 25.4 Å². The zero-order chi connectivity index (χ0) is 12.3. The van der Waals surface area contributed by atoms with E-state index in [1.165, 1.54) is 5.01 Å². The molecule has 96 valence electrons. The van der Waals surface area contributed by atoms with Gasteiger partial charge in [-0.15, -0.1) is 11.3 Å². The van der Waals surface area contributed by atoms with E-state index in [9.17, 15) is 5.11 Å². The van der Waals surface area contributed by atoms with Gasteiger partial charge in [-0.1, -0.05) is 0 Å². The van der Waals surface area contributed by atoms with Gasteiger partial charge in [0.15, 0.2) is 0 Å². The first-order valence-corrected chi connectivity index (χ1v) is 6.96. The molecule has 0 unspecified atom stereocenters. The highest BCUT2D eigenvalue weighted by Crippen LogP contribution is 2.12. The lowest BCUT2D eigenvalue weighted by molar-refractivity contribution is 0.0166. The fourth-order valence-electron chi connectivity index (χ4n) is 2.18. The molecular weight excluding hydrogens is 234 g/mol. The monoisotopic (exact) mass is 255 g/mol. The Morgan fingerprint density at radius 2 is 1.94 bits per heavy atom. The molecule has 2 heterocycles. The summed E-state index contributed by atoms with van der Waals surface area (Å²) in [4.78, 5) is 9.07. The number of rotatable bonds is 4. The van der Waals surface area contributed by atoms with Crippen molar-refractivity contribution in [2.45, 2.75) is 26.0 Å². The molecule has 5 heteroatoms. The van der Waals surface area contributed by atoms with Crippen molar-refractivity contribution in [3.8, 4) is 0 Å². The van der Waals surface area contributed by atoms with Gasteiger partial charge in [-0.25, -0.2) is 4.98 Å². The normalized spacial score (nSPS) is 19.7. The van der Waals surface area contributed by atoms with Crippen molar-refractivity contribution in [2.75, 3.05) is 32.7 Å². The number of aliphatic hydroxyl groups is 1. The van der Waals surface area contributed by atoms with Gasteiger partial charge in [0, 0.05) is 44.3 Å². The van der Waals surface area contributed by atoms with Crippen molar-refractivity contribution in [2.24, 2.45) is 0 Å². The Bertz CT molecular complexity index is 326. The van der Waals surface area contributed by atoms with Crippen molar-refractivity contribution in [1.29, 1.82) is 0 Å². The van der Waals surface area contributed by atoms with Gasteiger partial charge in [-0.05, 0) is 13.8 Å². The highest BCUT2D eigenvalue weighted by Gasteiger charge is 2.22. The molecule has 0 aliphatic carbocycles. The predicted molar refractivity (Wildman–Crippen MR) is 70.1 cm³/mol. The van der Waals surface area contributed by atoms with Crippen molar-refractivity contribution in [3.63, 3.8) is 0 Å². The molecule has 1 aromatic rings. The van der Waals surface area contributed by atoms with Crippen LogP contribution in [0.5, 0.6) is 0 Å². The smallest absolute Gasteiger partial charge is 0.107 e. The van der Waals surface area contributed by atoms with E-state index in [-0.39, 0.29) is 0 Å². The molecule has 1 N–H and O–H groups in total. The maximum atomic E-state index is 9.78. The molecule has 0 atom stereocenters. The van der Waals surface area contributed by atoms with E-state index < -0.39 is 5.60 Å². The van der Waals surface area contributed by atoms with Crippen LogP contribution in [0.15, 0.2) is 11.6 Å². The van der Waals surface area contributed by atoms with E-state index in [1.54, 1.807) is 11.3 Å². The Balaban J connectivity index is 1.74. The SMILES string of the molecule is CC(C)(O)CN1CCN(Cc2nccs2)CC1. The van der Waals surface area contributed by atoms with E-state index in [4.69, 9.17) is 0 Å². The van der Waals surface area contributed by atoms with Gasteiger partial charge in [0.25, 0.3) is 0 Å². The fraction of sp³-hybridized carbons (Fsp3) is 0.750. The third kappa shape index (κ3) is 4.35. The third-order valence-electron chi connectivity index (χ3n) is 2.92. The van der Waals surface area contributed by atoms with Gasteiger partial charge < -0.3 is 5.11 Å². The number of piperazine rings is 1. The summed E-state index contributed by atoms with van der Waals surface area (Å²) in [6.07, 6.45) is 1.87. The topological polar surface area (TPSA) is 39.6 Å². The molecule has 0 aromatic carbocycles. The molecule has 2 rings (SSSR count). The molecule has 1 aliphatic heterocycles. The Morgan fingerprint density at radius 3 is 2.47 bits per heavy atom. The first kappa shape index (κ1) is 13.0. The summed E-state index contributed by atoms with van der Waals surface area (Å²) in [6, 6.07) is 0. The number of thiazole rings is 1. The molecular formula is C12H21N3OS. The van der Waals surface area contributed by atoms with Gasteiger partial charge in [0.1, 0.15) is 5.01 Å². The molecule has 17 heavy (non-hydrogen) atoms. The van der Waals surface area contributed by atoms with Crippen LogP contribution in [-0.4, -0.2) is 58.2 Å². The number of β-amino-alcohol motifs (C(OH)–C–C–N with tert-alkyl or cyclic N) is 1. The molecule has 0 bridgehead atoms. The van der Waals surface area contributed by atoms with Crippen molar-refractivity contribution in [1.82, 2.24) is 14.8 Å². The summed E-state index contributed by atoms with van der Waals surface area (Å²) in [5.41, 5.74) is -0.586. The predicted octanol–water partition coefficient (Wildman–Crippen LogP) is 1.03. The standard InChI is InChI=1S/C12H21N3OS/c1-12(2,16)10-15-6-4-14(5-7-15)9-11-13-3-8-17-11/h3,8,16H,4-7,9-10H2,1-2H3. The van der Waals surface area contributed by atoms with E-state index in [2.05, 4.69) is 14.8 Å². The van der Waals surface area contributed by atoms with E-state index in [0.29, 0.717) is 0 Å². The zero-order valence-electron chi connectivity index (χ0n) is 10.6. The molecule has 0 radical (unpaired) electrons. The second-order valence-corrected chi connectivity index (χ2v) is 6.27. The summed E-state index contributed by atoms with van der Waals surface area (Å²) >= 11 is 1.72. The van der Waals surface area contributed by atoms with Crippen LogP contribution in [0.4, 0.5) is 0 Å². The fourth-order valence-corrected chi connectivity index (χ4v) is 2.83. The number of aromatic nitrogens is 1. The Morgan fingerprint density at radius 1 is 1.29 bits per heavy atom. The average Bonchev–Trinajstić information content (AvgIpc) is 2.71. The van der Waals surface area contributed by atoms with Gasteiger partial charge in [-0.3, -0.25) is 9.80 Å². The lowest BCUT2D eigenvalue weighted by Crippen LogP contribution is -2.50. The van der Waals surface area contributed by atoms with Crippen LogP contribution in [0.1, 0.15) is 18.9 Å². The van der Waals surface area contributed by atoms with E-state index >= 15 is 0 Å². The van der Waals surface area contributed by atoms with Gasteiger partial charge >= 0.3 is 0 Å². The molecule has 1 aromatic heterocycles. The Kier molecular flexibility index (Phi) is 4.14. The van der Waals surface area contributed by atoms with E-state index in [0.717, 1.165) is 39.3 Å². The van der Waals surface area contributed by atoms with Gasteiger partial charge in [0.2, 0.25) is 0 Å². The summed E-state index contributed by atoms with van der Waals surface area (Å²) in [6.45, 7) is 9.67. The summed E-state index contributed by atoms with van der Waals surface area (Å²) in [5, 5.41) is 13.0. The molecule has 4 nitrogen and oxygen atoms in total. The maximum Gasteiger partial charge on any atom is 0.107 e. The quantitative estimate of drug-likeness (QED) is 0.872. The van der Waals surface area contributed by atoms with Gasteiger partial charge in [-0.2, -0.15) is 0 Å². The molecule has 0 saturated carbocycles. The van der Waals surface area contributed by atoms with Gasteiger partial charge in [0.05, 0.1) is 12.1 Å². The van der Waals surface area contributed by atoms with Crippen LogP contribution in [-0.2, 0) is 6.54 Å². The number of hydrogen-bond donors (Lipinski definition) is 1. The largest absolute Gasteiger partial charge is 0.389 e. The number of hydrogen-bond acceptors (Lipinski definition) is 5. The molecule has 1 aliphatic rings. The van der Waals surface area contributed by atoms with Crippen molar-refractivity contribution >= 4 is 11.3 Å². The van der Waals surface area contributed by atoms with Crippen LogP contribution >= 0.6 is 11.3 Å². The second-order valence-electron chi connectivity index (χ2n) is 5.29. The lowest BCUT2D eigenvalue weighted by atomic mass is 10.1. The van der Waals surface area contributed by atoms with Crippen LogP contribution < -0.4 is 0 Å². The Hall–Kier alpha value is -0.490. The molecule has 1 saturated heterocycles. The summed E-state index contributed by atoms with van der Waals surface area (Å²) < 4.78 is 0. The summed E-state index contributed by atoms with van der Waals surface area (Å²) in [7, 11) is 0. The minimum Gasteiger partial charge on any atom is -0.389 e. The third-order valence-corrected chi connectivity index (χ3v) is 3.68. The highest BCUT2D eigenvalue weighted by molar-refractivity contribution is 7.09. The van der Waals surface area contributed by atoms with Crippen LogP contribution in [0.3, 0.4) is 0 Å². The average molecular weight is 255 g/mol. The summed E-state index contributed by atoms with van der Waals surface area (Å²) in [5.74, 6) is 0. The maximum absolute atomic E-state index is 9.78. The van der Waals surface area contributed by atoms with Crippen LogP contribution in [0, 0.1) is 0 Å². The van der Waals surface area contributed by atoms with Crippen molar-refractivity contribution in [3.05, 3.63) is 16.6 Å². The first-order chi connectivity index (χ1) is 8.03. The first-order valence-electron chi connectivity index (χ1n) is 6.08. The highest BCUT2D eigenvalue weighted by atomic mass is 32.1. The molecule has 0 amide bonds. The Labute approximate surface area is 107 Å². The minimum atomic E-state index is -0.586. The van der Waals surface area contributed by atoms with Crippen LogP contribution in [0.2, 0.25) is 0 Å². The molecule has 1 fully saturated rings.